The second-order valence-corrected chi connectivity index (χ2v) is 10.2. The van der Waals surface area contributed by atoms with E-state index in [2.05, 4.69) is 5.32 Å². The minimum Gasteiger partial charge on any atom is -0.497 e. The summed E-state index contributed by atoms with van der Waals surface area (Å²) in [5.74, 6) is 0.590. The number of nitrogens with one attached hydrogen (secondary N) is 1. The number of benzene rings is 1. The van der Waals surface area contributed by atoms with Crippen LogP contribution in [0.2, 0.25) is 0 Å². The number of amides is 2. The Morgan fingerprint density at radius 1 is 1.09 bits per heavy atom. The Labute approximate surface area is 195 Å². The molecule has 2 amide bonds. The van der Waals surface area contributed by atoms with Crippen LogP contribution in [0, 0.1) is 5.92 Å². The molecule has 0 aromatic heterocycles. The molecule has 184 valence electrons. The van der Waals surface area contributed by atoms with Gasteiger partial charge >= 0.3 is 0 Å². The maximum Gasteiger partial charge on any atom is 0.247 e. The summed E-state index contributed by atoms with van der Waals surface area (Å²) in [6, 6.07) is 4.66. The van der Waals surface area contributed by atoms with Gasteiger partial charge in [0, 0.05) is 45.3 Å². The Bertz CT molecular complexity index is 946. The summed E-state index contributed by atoms with van der Waals surface area (Å²) < 4.78 is 38.2. The second kappa shape index (κ2) is 11.2. The Hall–Kier alpha value is -2.37. The molecule has 1 aromatic rings. The van der Waals surface area contributed by atoms with E-state index in [1.165, 1.54) is 24.6 Å². The number of likely N-dealkylation sites (tertiary alicyclic amines) is 1. The van der Waals surface area contributed by atoms with Crippen molar-refractivity contribution in [2.24, 2.45) is 5.92 Å². The molecule has 2 heterocycles. The van der Waals surface area contributed by atoms with E-state index in [0.717, 1.165) is 19.4 Å². The third-order valence-electron chi connectivity index (χ3n) is 6.17. The molecular formula is C22H34N4O6S. The van der Waals surface area contributed by atoms with Crippen LogP contribution in [0.3, 0.4) is 0 Å². The van der Waals surface area contributed by atoms with Crippen LogP contribution in [-0.4, -0.2) is 101 Å². The zero-order valence-corrected chi connectivity index (χ0v) is 20.4. The molecule has 3 rings (SSSR count). The fourth-order valence-corrected chi connectivity index (χ4v) is 5.92. The van der Waals surface area contributed by atoms with E-state index in [-0.39, 0.29) is 48.0 Å². The van der Waals surface area contributed by atoms with Gasteiger partial charge in [-0.3, -0.25) is 14.5 Å². The van der Waals surface area contributed by atoms with E-state index in [9.17, 15) is 18.0 Å². The van der Waals surface area contributed by atoms with Gasteiger partial charge in [-0.2, -0.15) is 4.31 Å². The van der Waals surface area contributed by atoms with Crippen molar-refractivity contribution >= 4 is 21.8 Å². The van der Waals surface area contributed by atoms with Gasteiger partial charge in [0.05, 0.1) is 26.7 Å². The Balaban J connectivity index is 1.58. The molecule has 1 unspecified atom stereocenters. The smallest absolute Gasteiger partial charge is 0.247 e. The van der Waals surface area contributed by atoms with Gasteiger partial charge in [-0.05, 0) is 38.4 Å². The molecule has 2 fully saturated rings. The fraction of sp³-hybridized carbons (Fsp3) is 0.636. The largest absolute Gasteiger partial charge is 0.497 e. The predicted octanol–water partition coefficient (Wildman–Crippen LogP) is 0.385. The number of carbonyl (C=O) groups is 2. The van der Waals surface area contributed by atoms with Crippen molar-refractivity contribution in [1.82, 2.24) is 19.4 Å². The van der Waals surface area contributed by atoms with E-state index in [0.29, 0.717) is 31.9 Å². The van der Waals surface area contributed by atoms with Gasteiger partial charge < -0.3 is 19.7 Å². The van der Waals surface area contributed by atoms with Crippen molar-refractivity contribution in [3.8, 4) is 11.5 Å². The summed E-state index contributed by atoms with van der Waals surface area (Å²) >= 11 is 0. The molecular weight excluding hydrogens is 448 g/mol. The van der Waals surface area contributed by atoms with Gasteiger partial charge in [0.1, 0.15) is 16.4 Å². The number of nitrogens with zero attached hydrogens (tertiary/aromatic N) is 3. The number of carbonyl (C=O) groups excluding carboxylic acids is 2. The van der Waals surface area contributed by atoms with E-state index < -0.39 is 10.0 Å². The van der Waals surface area contributed by atoms with Crippen LogP contribution < -0.4 is 14.8 Å². The van der Waals surface area contributed by atoms with Gasteiger partial charge in [-0.15, -0.1) is 0 Å². The first-order valence-corrected chi connectivity index (χ1v) is 12.7. The molecule has 1 aromatic carbocycles. The average Bonchev–Trinajstić information content (AvgIpc) is 2.84. The van der Waals surface area contributed by atoms with Crippen LogP contribution in [0.5, 0.6) is 11.5 Å². The standard InChI is InChI=1S/C22H34N4O6S/c1-4-23-22(28)17-6-5-9-24(15-17)16-21(27)25-10-12-26(13-11-25)33(29,30)20-14-18(31-2)7-8-19(20)32-3/h7-8,14,17H,4-6,9-13,15-16H2,1-3H3,(H,23,28). The van der Waals surface area contributed by atoms with E-state index in [1.54, 1.807) is 17.0 Å². The quantitative estimate of drug-likeness (QED) is 0.571. The Morgan fingerprint density at radius 3 is 2.45 bits per heavy atom. The third-order valence-corrected chi connectivity index (χ3v) is 8.09. The maximum absolute atomic E-state index is 13.2. The van der Waals surface area contributed by atoms with Crippen LogP contribution >= 0.6 is 0 Å². The van der Waals surface area contributed by atoms with Gasteiger partial charge in [-0.1, -0.05) is 0 Å². The summed E-state index contributed by atoms with van der Waals surface area (Å²) in [4.78, 5) is 28.8. The van der Waals surface area contributed by atoms with Crippen LogP contribution in [0.25, 0.3) is 0 Å². The molecule has 0 radical (unpaired) electrons. The second-order valence-electron chi connectivity index (χ2n) is 8.27. The van der Waals surface area contributed by atoms with Crippen LogP contribution in [-0.2, 0) is 19.6 Å². The lowest BCUT2D eigenvalue weighted by molar-refractivity contribution is -0.135. The molecule has 2 saturated heterocycles. The lowest BCUT2D eigenvalue weighted by Gasteiger charge is -2.36. The molecule has 10 nitrogen and oxygen atoms in total. The summed E-state index contributed by atoms with van der Waals surface area (Å²) in [6.45, 7) is 5.14. The number of piperazine rings is 1. The number of hydrogen-bond donors (Lipinski definition) is 1. The van der Waals surface area contributed by atoms with Crippen molar-refractivity contribution in [3.05, 3.63) is 18.2 Å². The minimum absolute atomic E-state index is 0.0393. The number of methoxy groups -OCH3 is 2. The number of hydrogen-bond acceptors (Lipinski definition) is 7. The number of ether oxygens (including phenoxy) is 2. The topological polar surface area (TPSA) is 108 Å². The highest BCUT2D eigenvalue weighted by Crippen LogP contribution is 2.31. The van der Waals surface area contributed by atoms with Crippen molar-refractivity contribution in [2.75, 3.05) is 66.6 Å². The first kappa shape index (κ1) is 25.3. The van der Waals surface area contributed by atoms with E-state index in [4.69, 9.17) is 9.47 Å². The third kappa shape index (κ3) is 5.96. The normalized spacial score (nSPS) is 20.3. The molecule has 11 heteroatoms. The minimum atomic E-state index is -3.80. The first-order chi connectivity index (χ1) is 15.8. The van der Waals surface area contributed by atoms with Crippen LogP contribution in [0.4, 0.5) is 0 Å². The van der Waals surface area contributed by atoms with Crippen molar-refractivity contribution in [1.29, 1.82) is 0 Å². The molecule has 2 aliphatic rings. The van der Waals surface area contributed by atoms with Crippen molar-refractivity contribution in [3.63, 3.8) is 0 Å². The van der Waals surface area contributed by atoms with Crippen molar-refractivity contribution < 1.29 is 27.5 Å². The first-order valence-electron chi connectivity index (χ1n) is 11.3. The van der Waals surface area contributed by atoms with Crippen molar-refractivity contribution in [2.45, 2.75) is 24.7 Å². The zero-order valence-electron chi connectivity index (χ0n) is 19.6. The maximum atomic E-state index is 13.2. The van der Waals surface area contributed by atoms with Gasteiger partial charge in [0.15, 0.2) is 0 Å². The predicted molar refractivity (Wildman–Crippen MR) is 123 cm³/mol. The summed E-state index contributed by atoms with van der Waals surface area (Å²) in [5.41, 5.74) is 0. The Morgan fingerprint density at radius 2 is 1.82 bits per heavy atom. The lowest BCUT2D eigenvalue weighted by Crippen LogP contribution is -2.53. The molecule has 2 aliphatic heterocycles. The van der Waals surface area contributed by atoms with Gasteiger partial charge in [0.2, 0.25) is 21.8 Å². The fourth-order valence-electron chi connectivity index (χ4n) is 4.33. The van der Waals surface area contributed by atoms with E-state index >= 15 is 0 Å². The zero-order chi connectivity index (χ0) is 24.0. The average molecular weight is 483 g/mol. The monoisotopic (exact) mass is 482 g/mol. The number of rotatable bonds is 8. The van der Waals surface area contributed by atoms with Gasteiger partial charge in [-0.25, -0.2) is 8.42 Å². The highest BCUT2D eigenvalue weighted by atomic mass is 32.2. The SMILES string of the molecule is CCNC(=O)C1CCCN(CC(=O)N2CCN(S(=O)(=O)c3cc(OC)ccc3OC)CC2)C1. The van der Waals surface area contributed by atoms with Crippen LogP contribution in [0.15, 0.2) is 23.1 Å². The molecule has 0 saturated carbocycles. The summed E-state index contributed by atoms with van der Waals surface area (Å²) in [7, 11) is -0.900. The molecule has 1 atom stereocenters. The highest BCUT2D eigenvalue weighted by Gasteiger charge is 2.33. The number of sulfonamides is 1. The number of piperidine rings is 1. The summed E-state index contributed by atoms with van der Waals surface area (Å²) in [5, 5.41) is 2.86. The lowest BCUT2D eigenvalue weighted by atomic mass is 9.97. The molecule has 0 spiro atoms. The molecule has 33 heavy (non-hydrogen) atoms. The van der Waals surface area contributed by atoms with Crippen LogP contribution in [0.1, 0.15) is 19.8 Å². The molecule has 1 N–H and O–H groups in total. The highest BCUT2D eigenvalue weighted by molar-refractivity contribution is 7.89. The molecule has 0 aliphatic carbocycles. The Kier molecular flexibility index (Phi) is 8.55. The van der Waals surface area contributed by atoms with Gasteiger partial charge in [0.25, 0.3) is 0 Å². The summed E-state index contributed by atoms with van der Waals surface area (Å²) in [6.07, 6.45) is 1.71. The molecule has 0 bridgehead atoms. The van der Waals surface area contributed by atoms with E-state index in [1.807, 2.05) is 11.8 Å².